The van der Waals surface area contributed by atoms with E-state index in [0.29, 0.717) is 18.5 Å². The molecule has 1 unspecified atom stereocenters. The molecule has 4 heteroatoms. The highest BCUT2D eigenvalue weighted by Gasteiger charge is 2.17. The Morgan fingerprint density at radius 2 is 1.94 bits per heavy atom. The van der Waals surface area contributed by atoms with Gasteiger partial charge in [-0.1, -0.05) is 27.2 Å². The fourth-order valence-electron chi connectivity index (χ4n) is 1.81. The van der Waals surface area contributed by atoms with E-state index < -0.39 is 0 Å². The molecule has 0 aromatic heterocycles. The molecule has 0 aromatic rings. The van der Waals surface area contributed by atoms with Crippen molar-refractivity contribution in [3.8, 4) is 0 Å². The number of nitrogens with one attached hydrogen (secondary N) is 1. The summed E-state index contributed by atoms with van der Waals surface area (Å²) in [6, 6.07) is 0.0228. The second-order valence-electron chi connectivity index (χ2n) is 5.39. The smallest absolute Gasteiger partial charge is 0.236 e. The van der Waals surface area contributed by atoms with Crippen LogP contribution in [-0.4, -0.2) is 43.5 Å². The van der Waals surface area contributed by atoms with Crippen LogP contribution in [0.4, 0.5) is 0 Å². The quantitative estimate of drug-likeness (QED) is 0.673. The third kappa shape index (κ3) is 7.34. The van der Waals surface area contributed by atoms with E-state index in [1.165, 1.54) is 0 Å². The number of nitrogens with zero attached hydrogens (tertiary/aromatic N) is 1. The zero-order valence-corrected chi connectivity index (χ0v) is 12.0. The molecule has 0 rings (SSSR count). The summed E-state index contributed by atoms with van der Waals surface area (Å²) in [5, 5.41) is 2.95. The number of nitrogens with two attached hydrogens (primary N) is 1. The SMILES string of the molecule is CCC[C@H](N)C(=O)NCC(CC(C)C)N(C)C. The average molecular weight is 243 g/mol. The maximum atomic E-state index is 11.7. The Morgan fingerprint density at radius 3 is 2.35 bits per heavy atom. The summed E-state index contributed by atoms with van der Waals surface area (Å²) < 4.78 is 0. The van der Waals surface area contributed by atoms with Gasteiger partial charge in [0.15, 0.2) is 0 Å². The summed E-state index contributed by atoms with van der Waals surface area (Å²) in [6.45, 7) is 7.11. The highest BCUT2D eigenvalue weighted by atomic mass is 16.2. The van der Waals surface area contributed by atoms with E-state index in [2.05, 4.69) is 24.1 Å². The molecule has 3 N–H and O–H groups in total. The van der Waals surface area contributed by atoms with Gasteiger partial charge in [0.2, 0.25) is 5.91 Å². The zero-order valence-electron chi connectivity index (χ0n) is 12.0. The van der Waals surface area contributed by atoms with Crippen LogP contribution in [0.15, 0.2) is 0 Å². The van der Waals surface area contributed by atoms with Gasteiger partial charge in [0.25, 0.3) is 0 Å². The number of likely N-dealkylation sites (N-methyl/N-ethyl adjacent to an activating group) is 1. The summed E-state index contributed by atoms with van der Waals surface area (Å²) in [4.78, 5) is 13.8. The van der Waals surface area contributed by atoms with Crippen LogP contribution in [0.3, 0.4) is 0 Å². The molecule has 0 aliphatic carbocycles. The maximum absolute atomic E-state index is 11.7. The predicted octanol–water partition coefficient (Wildman–Crippen LogP) is 1.21. The summed E-state index contributed by atoms with van der Waals surface area (Å²) in [5.74, 6) is 0.603. The van der Waals surface area contributed by atoms with Crippen LogP contribution < -0.4 is 11.1 Å². The van der Waals surface area contributed by atoms with Gasteiger partial charge in [0.05, 0.1) is 6.04 Å². The third-order valence-electron chi connectivity index (χ3n) is 2.92. The van der Waals surface area contributed by atoms with Crippen molar-refractivity contribution >= 4 is 5.91 Å². The van der Waals surface area contributed by atoms with Crippen molar-refractivity contribution in [2.24, 2.45) is 11.7 Å². The van der Waals surface area contributed by atoms with E-state index >= 15 is 0 Å². The first-order chi connectivity index (χ1) is 7.88. The van der Waals surface area contributed by atoms with Crippen molar-refractivity contribution in [3.63, 3.8) is 0 Å². The van der Waals surface area contributed by atoms with Crippen molar-refractivity contribution in [3.05, 3.63) is 0 Å². The summed E-state index contributed by atoms with van der Waals surface area (Å²) in [7, 11) is 4.09. The molecule has 0 aromatic carbocycles. The van der Waals surface area contributed by atoms with Crippen LogP contribution in [0.25, 0.3) is 0 Å². The molecular weight excluding hydrogens is 214 g/mol. The molecule has 0 saturated heterocycles. The van der Waals surface area contributed by atoms with Crippen LogP contribution >= 0.6 is 0 Å². The molecule has 0 fully saturated rings. The lowest BCUT2D eigenvalue weighted by molar-refractivity contribution is -0.122. The fraction of sp³-hybridized carbons (Fsp3) is 0.923. The zero-order chi connectivity index (χ0) is 13.4. The second-order valence-corrected chi connectivity index (χ2v) is 5.39. The first-order valence-electron chi connectivity index (χ1n) is 6.58. The van der Waals surface area contributed by atoms with Gasteiger partial charge in [-0.05, 0) is 32.9 Å². The van der Waals surface area contributed by atoms with Crippen molar-refractivity contribution < 1.29 is 4.79 Å². The minimum Gasteiger partial charge on any atom is -0.353 e. The Morgan fingerprint density at radius 1 is 1.35 bits per heavy atom. The lowest BCUT2D eigenvalue weighted by Crippen LogP contribution is -2.46. The van der Waals surface area contributed by atoms with Gasteiger partial charge >= 0.3 is 0 Å². The van der Waals surface area contributed by atoms with Gasteiger partial charge in [0.1, 0.15) is 0 Å². The average Bonchev–Trinajstić information content (AvgIpc) is 2.23. The molecule has 2 atom stereocenters. The van der Waals surface area contributed by atoms with Gasteiger partial charge < -0.3 is 16.0 Å². The van der Waals surface area contributed by atoms with E-state index in [1.54, 1.807) is 0 Å². The summed E-state index contributed by atoms with van der Waals surface area (Å²) in [5.41, 5.74) is 5.77. The summed E-state index contributed by atoms with van der Waals surface area (Å²) in [6.07, 6.45) is 2.77. The minimum absolute atomic E-state index is 0.0255. The molecular formula is C13H29N3O. The van der Waals surface area contributed by atoms with Gasteiger partial charge in [-0.15, -0.1) is 0 Å². The fourth-order valence-corrected chi connectivity index (χ4v) is 1.81. The Bertz CT molecular complexity index is 217. The largest absolute Gasteiger partial charge is 0.353 e. The molecule has 0 bridgehead atoms. The highest BCUT2D eigenvalue weighted by Crippen LogP contribution is 2.08. The first kappa shape index (κ1) is 16.4. The Kier molecular flexibility index (Phi) is 8.17. The van der Waals surface area contributed by atoms with E-state index in [9.17, 15) is 4.79 Å². The lowest BCUT2D eigenvalue weighted by Gasteiger charge is -2.26. The Labute approximate surface area is 106 Å². The number of rotatable bonds is 8. The Balaban J connectivity index is 4.07. The van der Waals surface area contributed by atoms with E-state index in [-0.39, 0.29) is 11.9 Å². The van der Waals surface area contributed by atoms with Crippen LogP contribution in [0.5, 0.6) is 0 Å². The molecule has 0 saturated carbocycles. The number of amides is 1. The molecule has 0 aliphatic rings. The molecule has 0 radical (unpaired) electrons. The normalized spacial score (nSPS) is 15.1. The van der Waals surface area contributed by atoms with Crippen LogP contribution in [0.2, 0.25) is 0 Å². The molecule has 0 spiro atoms. The van der Waals surface area contributed by atoms with Gasteiger partial charge in [-0.2, -0.15) is 0 Å². The monoisotopic (exact) mass is 243 g/mol. The van der Waals surface area contributed by atoms with Crippen molar-refractivity contribution in [2.75, 3.05) is 20.6 Å². The van der Waals surface area contributed by atoms with Crippen molar-refractivity contribution in [1.82, 2.24) is 10.2 Å². The van der Waals surface area contributed by atoms with E-state index in [1.807, 2.05) is 21.0 Å². The van der Waals surface area contributed by atoms with Gasteiger partial charge in [-0.25, -0.2) is 0 Å². The number of carbonyl (C=O) groups excluding carboxylic acids is 1. The van der Waals surface area contributed by atoms with E-state index in [4.69, 9.17) is 5.73 Å². The maximum Gasteiger partial charge on any atom is 0.236 e. The van der Waals surface area contributed by atoms with Crippen molar-refractivity contribution in [1.29, 1.82) is 0 Å². The molecule has 0 aliphatic heterocycles. The number of hydrogen-bond acceptors (Lipinski definition) is 3. The molecule has 102 valence electrons. The second kappa shape index (κ2) is 8.48. The summed E-state index contributed by atoms with van der Waals surface area (Å²) >= 11 is 0. The Hall–Kier alpha value is -0.610. The van der Waals surface area contributed by atoms with Crippen molar-refractivity contribution in [2.45, 2.75) is 52.1 Å². The topological polar surface area (TPSA) is 58.4 Å². The minimum atomic E-state index is -0.359. The molecule has 17 heavy (non-hydrogen) atoms. The number of carbonyl (C=O) groups is 1. The first-order valence-corrected chi connectivity index (χ1v) is 6.58. The van der Waals surface area contributed by atoms with Crippen LogP contribution in [0.1, 0.15) is 40.0 Å². The standard InChI is InChI=1S/C13H29N3O/c1-6-7-12(14)13(17)15-9-11(16(4)5)8-10(2)3/h10-12H,6-9,14H2,1-5H3,(H,15,17)/t11?,12-/m0/s1. The van der Waals surface area contributed by atoms with Gasteiger partial charge in [0, 0.05) is 12.6 Å². The molecule has 1 amide bonds. The highest BCUT2D eigenvalue weighted by molar-refractivity contribution is 5.81. The lowest BCUT2D eigenvalue weighted by atomic mass is 10.0. The van der Waals surface area contributed by atoms with E-state index in [0.717, 1.165) is 19.3 Å². The van der Waals surface area contributed by atoms with Crippen LogP contribution in [-0.2, 0) is 4.79 Å². The molecule has 4 nitrogen and oxygen atoms in total. The van der Waals surface area contributed by atoms with Gasteiger partial charge in [-0.3, -0.25) is 4.79 Å². The van der Waals surface area contributed by atoms with Crippen LogP contribution in [0, 0.1) is 5.92 Å². The number of hydrogen-bond donors (Lipinski definition) is 2. The third-order valence-corrected chi connectivity index (χ3v) is 2.92. The predicted molar refractivity (Wildman–Crippen MR) is 72.8 cm³/mol. The molecule has 0 heterocycles.